The Balaban J connectivity index is 3.15. The van der Waals surface area contributed by atoms with E-state index >= 15 is 0 Å². The number of aliphatic hydroxyl groups excluding tert-OH is 1. The molecule has 0 radical (unpaired) electrons. The predicted molar refractivity (Wildman–Crippen MR) is 65.2 cm³/mol. The van der Waals surface area contributed by atoms with Crippen molar-refractivity contribution < 1.29 is 14.6 Å². The molecule has 16 heavy (non-hydrogen) atoms. The fraction of sp³-hybridized carbons (Fsp3) is 0.769. The molecule has 0 aliphatic rings. The fourth-order valence-electron chi connectivity index (χ4n) is 1.40. The van der Waals surface area contributed by atoms with Gasteiger partial charge in [-0.3, -0.25) is 4.79 Å². The van der Waals surface area contributed by atoms with E-state index in [2.05, 4.69) is 10.8 Å². The van der Waals surface area contributed by atoms with Gasteiger partial charge in [-0.15, -0.1) is 0 Å². The zero-order chi connectivity index (χ0) is 12.2. The summed E-state index contributed by atoms with van der Waals surface area (Å²) < 4.78 is 4.56. The van der Waals surface area contributed by atoms with E-state index in [1.54, 1.807) is 6.92 Å². The third kappa shape index (κ3) is 11.2. The molecule has 0 rings (SSSR count). The Kier molecular flexibility index (Phi) is 10.1. The lowest BCUT2D eigenvalue weighted by Gasteiger charge is -1.99. The molecule has 0 saturated heterocycles. The van der Waals surface area contributed by atoms with Crippen LogP contribution in [-0.4, -0.2) is 24.3 Å². The Morgan fingerprint density at radius 2 is 1.94 bits per heavy atom. The van der Waals surface area contributed by atoms with Gasteiger partial charge < -0.3 is 9.84 Å². The van der Waals surface area contributed by atoms with E-state index < -0.39 is 0 Å². The van der Waals surface area contributed by atoms with E-state index in [0.717, 1.165) is 38.5 Å². The zero-order valence-electron chi connectivity index (χ0n) is 10.4. The van der Waals surface area contributed by atoms with Gasteiger partial charge in [0, 0.05) is 6.42 Å². The van der Waals surface area contributed by atoms with Gasteiger partial charge in [0.25, 0.3) is 0 Å². The van der Waals surface area contributed by atoms with Gasteiger partial charge in [0.2, 0.25) is 0 Å². The van der Waals surface area contributed by atoms with Gasteiger partial charge >= 0.3 is 5.97 Å². The molecule has 0 aromatic carbocycles. The number of rotatable bonds is 9. The van der Waals surface area contributed by atoms with Crippen molar-refractivity contribution in [2.45, 2.75) is 58.0 Å². The summed E-state index contributed by atoms with van der Waals surface area (Å²) in [5, 5.41) is 9.01. The number of hydrogen-bond donors (Lipinski definition) is 1. The lowest BCUT2D eigenvalue weighted by molar-refractivity contribution is -0.140. The van der Waals surface area contributed by atoms with Crippen LogP contribution in [0.5, 0.6) is 0 Å². The van der Waals surface area contributed by atoms with Crippen LogP contribution in [0.4, 0.5) is 0 Å². The summed E-state index contributed by atoms with van der Waals surface area (Å²) in [7, 11) is 1.43. The van der Waals surface area contributed by atoms with Crippen LogP contribution >= 0.6 is 0 Å². The number of methoxy groups -OCH3 is 1. The molecule has 1 N–H and O–H groups in total. The SMILES string of the molecule is COC(=O)CCCCCC/C=C\C[C@@H](C)O. The third-order valence-electron chi connectivity index (χ3n) is 2.37. The van der Waals surface area contributed by atoms with Gasteiger partial charge in [-0.1, -0.05) is 25.0 Å². The highest BCUT2D eigenvalue weighted by Crippen LogP contribution is 2.06. The molecule has 94 valence electrons. The van der Waals surface area contributed by atoms with Crippen molar-refractivity contribution in [2.24, 2.45) is 0 Å². The molecule has 0 fully saturated rings. The summed E-state index contributed by atoms with van der Waals surface area (Å²) >= 11 is 0. The van der Waals surface area contributed by atoms with E-state index in [0.29, 0.717) is 6.42 Å². The Morgan fingerprint density at radius 1 is 1.25 bits per heavy atom. The first kappa shape index (κ1) is 15.2. The first-order chi connectivity index (χ1) is 7.66. The molecule has 0 aliphatic heterocycles. The van der Waals surface area contributed by atoms with E-state index in [1.165, 1.54) is 7.11 Å². The lowest BCUT2D eigenvalue weighted by Crippen LogP contribution is -1.99. The quantitative estimate of drug-likeness (QED) is 0.375. The number of esters is 1. The number of allylic oxidation sites excluding steroid dienone is 1. The van der Waals surface area contributed by atoms with Gasteiger partial charge in [-0.25, -0.2) is 0 Å². The largest absolute Gasteiger partial charge is 0.469 e. The van der Waals surface area contributed by atoms with Gasteiger partial charge in [0.15, 0.2) is 0 Å². The van der Waals surface area contributed by atoms with Crippen LogP contribution in [0.15, 0.2) is 12.2 Å². The zero-order valence-corrected chi connectivity index (χ0v) is 10.4. The second-order valence-electron chi connectivity index (χ2n) is 4.09. The Morgan fingerprint density at radius 3 is 2.56 bits per heavy atom. The summed E-state index contributed by atoms with van der Waals surface area (Å²) in [4.78, 5) is 10.8. The van der Waals surface area contributed by atoms with Crippen LogP contribution in [0, 0.1) is 0 Å². The molecule has 3 nitrogen and oxygen atoms in total. The van der Waals surface area contributed by atoms with Crippen LogP contribution in [0.2, 0.25) is 0 Å². The van der Waals surface area contributed by atoms with Gasteiger partial charge in [-0.2, -0.15) is 0 Å². The molecule has 0 heterocycles. The normalized spacial score (nSPS) is 12.9. The number of ether oxygens (including phenoxy) is 1. The molecule has 0 aromatic heterocycles. The van der Waals surface area contributed by atoms with Crippen LogP contribution in [-0.2, 0) is 9.53 Å². The molecule has 0 aromatic rings. The monoisotopic (exact) mass is 228 g/mol. The molecular formula is C13H24O3. The minimum atomic E-state index is -0.240. The average molecular weight is 228 g/mol. The van der Waals surface area contributed by atoms with Crippen molar-refractivity contribution in [3.63, 3.8) is 0 Å². The molecule has 0 aliphatic carbocycles. The van der Waals surface area contributed by atoms with Crippen molar-refractivity contribution >= 4 is 5.97 Å². The minimum absolute atomic E-state index is 0.114. The summed E-state index contributed by atoms with van der Waals surface area (Å²) in [5.74, 6) is -0.114. The fourth-order valence-corrected chi connectivity index (χ4v) is 1.40. The predicted octanol–water partition coefficient (Wildman–Crippen LogP) is 2.83. The third-order valence-corrected chi connectivity index (χ3v) is 2.37. The molecule has 1 atom stereocenters. The first-order valence-corrected chi connectivity index (χ1v) is 6.06. The van der Waals surface area contributed by atoms with Crippen LogP contribution < -0.4 is 0 Å². The second-order valence-corrected chi connectivity index (χ2v) is 4.09. The minimum Gasteiger partial charge on any atom is -0.469 e. The highest BCUT2D eigenvalue weighted by Gasteiger charge is 1.98. The van der Waals surface area contributed by atoms with Crippen molar-refractivity contribution in [1.29, 1.82) is 0 Å². The van der Waals surface area contributed by atoms with Gasteiger partial charge in [-0.05, 0) is 32.6 Å². The summed E-state index contributed by atoms with van der Waals surface area (Å²) in [5.41, 5.74) is 0. The molecule has 0 amide bonds. The summed E-state index contributed by atoms with van der Waals surface area (Å²) in [6.45, 7) is 1.79. The smallest absolute Gasteiger partial charge is 0.305 e. The van der Waals surface area contributed by atoms with Gasteiger partial charge in [0.1, 0.15) is 0 Å². The average Bonchev–Trinajstić information content (AvgIpc) is 2.26. The van der Waals surface area contributed by atoms with E-state index in [4.69, 9.17) is 5.11 Å². The van der Waals surface area contributed by atoms with E-state index in [1.807, 2.05) is 6.08 Å². The highest BCUT2D eigenvalue weighted by atomic mass is 16.5. The molecule has 0 saturated carbocycles. The van der Waals surface area contributed by atoms with E-state index in [9.17, 15) is 4.79 Å². The maximum Gasteiger partial charge on any atom is 0.305 e. The molecular weight excluding hydrogens is 204 g/mol. The number of aliphatic hydroxyl groups is 1. The Bertz CT molecular complexity index is 197. The van der Waals surface area contributed by atoms with Crippen LogP contribution in [0.1, 0.15) is 51.9 Å². The topological polar surface area (TPSA) is 46.5 Å². The Labute approximate surface area is 98.5 Å². The Hall–Kier alpha value is -0.830. The summed E-state index contributed by atoms with van der Waals surface area (Å²) in [6.07, 6.45) is 10.5. The molecule has 0 bridgehead atoms. The molecule has 3 heteroatoms. The van der Waals surface area contributed by atoms with Crippen molar-refractivity contribution in [2.75, 3.05) is 7.11 Å². The summed E-state index contributed by atoms with van der Waals surface area (Å²) in [6, 6.07) is 0. The number of hydrogen-bond acceptors (Lipinski definition) is 3. The van der Waals surface area contributed by atoms with Crippen molar-refractivity contribution in [3.05, 3.63) is 12.2 Å². The van der Waals surface area contributed by atoms with Crippen LogP contribution in [0.3, 0.4) is 0 Å². The van der Waals surface area contributed by atoms with Gasteiger partial charge in [0.05, 0.1) is 13.2 Å². The molecule has 0 spiro atoms. The lowest BCUT2D eigenvalue weighted by atomic mass is 10.1. The highest BCUT2D eigenvalue weighted by molar-refractivity contribution is 5.68. The van der Waals surface area contributed by atoms with E-state index in [-0.39, 0.29) is 12.1 Å². The molecule has 0 unspecified atom stereocenters. The van der Waals surface area contributed by atoms with Crippen molar-refractivity contribution in [1.82, 2.24) is 0 Å². The number of carbonyl (C=O) groups is 1. The number of carbonyl (C=O) groups excluding carboxylic acids is 1. The van der Waals surface area contributed by atoms with Crippen LogP contribution in [0.25, 0.3) is 0 Å². The maximum atomic E-state index is 10.8. The first-order valence-electron chi connectivity index (χ1n) is 6.06. The standard InChI is InChI=1S/C13H24O3/c1-12(14)10-8-6-4-3-5-7-9-11-13(15)16-2/h6,8,12,14H,3-5,7,9-11H2,1-2H3/b8-6-/t12-/m1/s1. The number of unbranched alkanes of at least 4 members (excludes halogenated alkanes) is 4. The van der Waals surface area contributed by atoms with Crippen molar-refractivity contribution in [3.8, 4) is 0 Å². The second kappa shape index (κ2) is 10.7. The maximum absolute atomic E-state index is 10.8.